The molecule has 0 spiro atoms. The molecule has 0 unspecified atom stereocenters. The highest BCUT2D eigenvalue weighted by molar-refractivity contribution is 6.16. The molecule has 1 aromatic carbocycles. The molecule has 0 bridgehead atoms. The van der Waals surface area contributed by atoms with Crippen LogP contribution in [0.15, 0.2) is 55.0 Å². The summed E-state index contributed by atoms with van der Waals surface area (Å²) in [5.41, 5.74) is 7.44. The van der Waals surface area contributed by atoms with Crippen molar-refractivity contribution in [3.05, 3.63) is 71.8 Å². The van der Waals surface area contributed by atoms with Crippen molar-refractivity contribution in [2.24, 2.45) is 5.73 Å². The van der Waals surface area contributed by atoms with Crippen LogP contribution in [-0.4, -0.2) is 15.8 Å². The molecule has 0 fully saturated rings. The van der Waals surface area contributed by atoms with Crippen molar-refractivity contribution in [1.82, 2.24) is 9.97 Å². The molecule has 0 amide bonds. The summed E-state index contributed by atoms with van der Waals surface area (Å²) in [4.78, 5) is 20.9. The van der Waals surface area contributed by atoms with E-state index in [-0.39, 0.29) is 5.78 Å². The predicted molar refractivity (Wildman–Crippen MR) is 77.3 cm³/mol. The lowest BCUT2D eigenvalue weighted by molar-refractivity contribution is 0.104. The Morgan fingerprint density at radius 1 is 1.15 bits per heavy atom. The number of aromatic nitrogens is 2. The number of rotatable bonds is 3. The maximum absolute atomic E-state index is 12.6. The van der Waals surface area contributed by atoms with Crippen molar-refractivity contribution in [3.8, 4) is 0 Å². The van der Waals surface area contributed by atoms with Crippen LogP contribution in [0, 0.1) is 0 Å². The van der Waals surface area contributed by atoms with Crippen molar-refractivity contribution >= 4 is 16.6 Å². The first kappa shape index (κ1) is 12.4. The van der Waals surface area contributed by atoms with Crippen LogP contribution in [0.3, 0.4) is 0 Å². The Hall–Kier alpha value is -2.59. The van der Waals surface area contributed by atoms with E-state index in [1.165, 1.54) is 0 Å². The van der Waals surface area contributed by atoms with E-state index < -0.39 is 0 Å². The van der Waals surface area contributed by atoms with Gasteiger partial charge < -0.3 is 5.73 Å². The highest BCUT2D eigenvalue weighted by Crippen LogP contribution is 2.20. The molecular weight excluding hydrogens is 250 g/mol. The lowest BCUT2D eigenvalue weighted by atomic mass is 10.00. The molecule has 98 valence electrons. The van der Waals surface area contributed by atoms with Crippen LogP contribution in [0.4, 0.5) is 0 Å². The normalized spacial score (nSPS) is 10.7. The van der Waals surface area contributed by atoms with Crippen LogP contribution in [0.5, 0.6) is 0 Å². The smallest absolute Gasteiger partial charge is 0.195 e. The average molecular weight is 263 g/mol. The monoisotopic (exact) mass is 263 g/mol. The Morgan fingerprint density at radius 2 is 2.00 bits per heavy atom. The summed E-state index contributed by atoms with van der Waals surface area (Å²) in [7, 11) is 0. The van der Waals surface area contributed by atoms with Crippen LogP contribution < -0.4 is 5.73 Å². The van der Waals surface area contributed by atoms with Gasteiger partial charge in [-0.2, -0.15) is 0 Å². The van der Waals surface area contributed by atoms with Crippen LogP contribution in [-0.2, 0) is 6.54 Å². The van der Waals surface area contributed by atoms with Crippen LogP contribution >= 0.6 is 0 Å². The van der Waals surface area contributed by atoms with Gasteiger partial charge in [-0.05, 0) is 17.5 Å². The quantitative estimate of drug-likeness (QED) is 0.736. The molecule has 0 aliphatic rings. The molecule has 2 N–H and O–H groups in total. The maximum atomic E-state index is 12.6. The molecule has 0 radical (unpaired) electrons. The molecule has 0 saturated heterocycles. The third-order valence-corrected chi connectivity index (χ3v) is 3.20. The van der Waals surface area contributed by atoms with Gasteiger partial charge in [0, 0.05) is 41.6 Å². The van der Waals surface area contributed by atoms with Crippen molar-refractivity contribution in [1.29, 1.82) is 0 Å². The Bertz CT molecular complexity index is 778. The molecule has 4 heteroatoms. The van der Waals surface area contributed by atoms with E-state index >= 15 is 0 Å². The van der Waals surface area contributed by atoms with Crippen molar-refractivity contribution < 1.29 is 4.79 Å². The number of pyridine rings is 2. The molecule has 0 saturated carbocycles. The van der Waals surface area contributed by atoms with Crippen LogP contribution in [0.25, 0.3) is 10.8 Å². The third kappa shape index (κ3) is 2.17. The van der Waals surface area contributed by atoms with E-state index in [1.807, 2.05) is 24.3 Å². The third-order valence-electron chi connectivity index (χ3n) is 3.20. The number of carbonyl (C=O) groups is 1. The summed E-state index contributed by atoms with van der Waals surface area (Å²) in [5, 5.41) is 1.85. The molecule has 0 atom stereocenters. The predicted octanol–water partition coefficient (Wildman–Crippen LogP) is 2.32. The molecule has 20 heavy (non-hydrogen) atoms. The SMILES string of the molecule is NCc1cc(C(=O)c2cncc3ccccc23)ccn1. The van der Waals surface area contributed by atoms with E-state index in [9.17, 15) is 4.79 Å². The standard InChI is InChI=1S/C16H13N3O/c17-8-13-7-11(5-6-19-13)16(20)15-10-18-9-12-3-1-2-4-14(12)15/h1-7,9-10H,8,17H2. The van der Waals surface area contributed by atoms with Gasteiger partial charge in [-0.25, -0.2) is 0 Å². The van der Waals surface area contributed by atoms with Gasteiger partial charge in [0.25, 0.3) is 0 Å². The zero-order valence-electron chi connectivity index (χ0n) is 10.8. The number of fused-ring (bicyclic) bond motifs is 1. The summed E-state index contributed by atoms with van der Waals surface area (Å²) < 4.78 is 0. The fraction of sp³-hybridized carbons (Fsp3) is 0.0625. The largest absolute Gasteiger partial charge is 0.325 e. The molecular formula is C16H13N3O. The highest BCUT2D eigenvalue weighted by Gasteiger charge is 2.13. The lowest BCUT2D eigenvalue weighted by Gasteiger charge is -2.06. The minimum absolute atomic E-state index is 0.0635. The Kier molecular flexibility index (Phi) is 3.23. The van der Waals surface area contributed by atoms with Gasteiger partial charge in [-0.15, -0.1) is 0 Å². The summed E-state index contributed by atoms with van der Waals surface area (Å²) >= 11 is 0. The molecule has 3 aromatic rings. The maximum Gasteiger partial charge on any atom is 0.195 e. The Labute approximate surface area is 116 Å². The fourth-order valence-corrected chi connectivity index (χ4v) is 2.18. The van der Waals surface area contributed by atoms with Crippen LogP contribution in [0.1, 0.15) is 21.6 Å². The number of ketones is 1. The molecule has 0 aliphatic heterocycles. The summed E-state index contributed by atoms with van der Waals surface area (Å²) in [6.45, 7) is 0.314. The summed E-state index contributed by atoms with van der Waals surface area (Å²) in [6, 6.07) is 11.1. The van der Waals surface area contributed by atoms with Gasteiger partial charge >= 0.3 is 0 Å². The molecule has 4 nitrogen and oxygen atoms in total. The van der Waals surface area contributed by atoms with Crippen LogP contribution in [0.2, 0.25) is 0 Å². The second-order valence-electron chi connectivity index (χ2n) is 4.48. The number of nitrogens with zero attached hydrogens (tertiary/aromatic N) is 2. The topological polar surface area (TPSA) is 68.9 Å². The number of hydrogen-bond donors (Lipinski definition) is 1. The summed E-state index contributed by atoms with van der Waals surface area (Å²) in [5.74, 6) is -0.0635. The second-order valence-corrected chi connectivity index (χ2v) is 4.48. The minimum atomic E-state index is -0.0635. The number of carbonyl (C=O) groups excluding carboxylic acids is 1. The van der Waals surface area contributed by atoms with E-state index in [4.69, 9.17) is 5.73 Å². The molecule has 2 aromatic heterocycles. The fourth-order valence-electron chi connectivity index (χ4n) is 2.18. The van der Waals surface area contributed by atoms with E-state index in [1.54, 1.807) is 30.7 Å². The number of hydrogen-bond acceptors (Lipinski definition) is 4. The number of benzene rings is 1. The van der Waals surface area contributed by atoms with Gasteiger partial charge in [-0.1, -0.05) is 24.3 Å². The molecule has 0 aliphatic carbocycles. The molecule has 2 heterocycles. The van der Waals surface area contributed by atoms with Crippen molar-refractivity contribution in [2.75, 3.05) is 0 Å². The Balaban J connectivity index is 2.12. The average Bonchev–Trinajstić information content (AvgIpc) is 2.53. The first-order chi connectivity index (χ1) is 9.79. The van der Waals surface area contributed by atoms with Crippen molar-refractivity contribution in [3.63, 3.8) is 0 Å². The lowest BCUT2D eigenvalue weighted by Crippen LogP contribution is -2.06. The Morgan fingerprint density at radius 3 is 2.85 bits per heavy atom. The van der Waals surface area contributed by atoms with Gasteiger partial charge in [-0.3, -0.25) is 14.8 Å². The number of nitrogens with two attached hydrogens (primary N) is 1. The first-order valence-electron chi connectivity index (χ1n) is 6.32. The van der Waals surface area contributed by atoms with Gasteiger partial charge in [0.15, 0.2) is 5.78 Å². The molecule has 3 rings (SSSR count). The summed E-state index contributed by atoms with van der Waals surface area (Å²) in [6.07, 6.45) is 4.96. The second kappa shape index (κ2) is 5.19. The van der Waals surface area contributed by atoms with Gasteiger partial charge in [0.05, 0.1) is 5.69 Å². The minimum Gasteiger partial charge on any atom is -0.325 e. The highest BCUT2D eigenvalue weighted by atomic mass is 16.1. The van der Waals surface area contributed by atoms with E-state index in [2.05, 4.69) is 9.97 Å². The zero-order valence-corrected chi connectivity index (χ0v) is 10.8. The zero-order chi connectivity index (χ0) is 13.9. The van der Waals surface area contributed by atoms with Gasteiger partial charge in [0.1, 0.15) is 0 Å². The van der Waals surface area contributed by atoms with E-state index in [0.717, 1.165) is 10.8 Å². The first-order valence-corrected chi connectivity index (χ1v) is 6.32. The van der Waals surface area contributed by atoms with Crippen molar-refractivity contribution in [2.45, 2.75) is 6.54 Å². The van der Waals surface area contributed by atoms with Gasteiger partial charge in [0.2, 0.25) is 0 Å². The van der Waals surface area contributed by atoms with E-state index in [0.29, 0.717) is 23.4 Å².